The highest BCUT2D eigenvalue weighted by Gasteiger charge is 2.15. The van der Waals surface area contributed by atoms with Crippen molar-refractivity contribution in [1.29, 1.82) is 0 Å². The zero-order valence-corrected chi connectivity index (χ0v) is 19.4. The molecule has 0 fully saturated rings. The van der Waals surface area contributed by atoms with Crippen LogP contribution in [0.3, 0.4) is 0 Å². The minimum absolute atomic E-state index is 0.102. The topological polar surface area (TPSA) is 78.3 Å². The van der Waals surface area contributed by atoms with E-state index < -0.39 is 0 Å². The van der Waals surface area contributed by atoms with Gasteiger partial charge in [-0.25, -0.2) is 0 Å². The van der Waals surface area contributed by atoms with Gasteiger partial charge in [-0.2, -0.15) is 0 Å². The number of rotatable bonds is 11. The van der Waals surface area contributed by atoms with Crippen molar-refractivity contribution < 1.29 is 14.3 Å². The number of hydrogen-bond acceptors (Lipinski definition) is 6. The van der Waals surface area contributed by atoms with E-state index in [1.807, 2.05) is 54.0 Å². The predicted octanol–water partition coefficient (Wildman–Crippen LogP) is 4.65. The van der Waals surface area contributed by atoms with Crippen LogP contribution in [0.5, 0.6) is 11.5 Å². The lowest BCUT2D eigenvalue weighted by Gasteiger charge is -2.12. The first-order chi connectivity index (χ1) is 15.5. The molecule has 0 spiro atoms. The second kappa shape index (κ2) is 11.4. The predicted molar refractivity (Wildman–Crippen MR) is 127 cm³/mol. The Bertz CT molecular complexity index is 1060. The van der Waals surface area contributed by atoms with Crippen LogP contribution in [0.2, 0.25) is 0 Å². The molecule has 168 valence electrons. The summed E-state index contributed by atoms with van der Waals surface area (Å²) in [5.41, 5.74) is 3.09. The van der Waals surface area contributed by atoms with E-state index in [1.165, 1.54) is 17.3 Å². The van der Waals surface area contributed by atoms with E-state index in [9.17, 15) is 4.79 Å². The molecule has 1 aromatic heterocycles. The second-order valence-corrected chi connectivity index (χ2v) is 8.07. The third kappa shape index (κ3) is 6.13. The molecule has 0 aliphatic rings. The standard InChI is InChI=1S/C24H28N4O3S/c1-5-13-28-22(15-31-20-12-7-17(3)14-21(20)30-4)26-27-24(28)32-16-23(29)25-19-10-8-18(6-2)9-11-19/h5,7-12,14H,1,6,13,15-16H2,2-4H3,(H,25,29). The number of aromatic nitrogens is 3. The molecular formula is C24H28N4O3S. The van der Waals surface area contributed by atoms with E-state index in [2.05, 4.69) is 29.0 Å². The highest BCUT2D eigenvalue weighted by Crippen LogP contribution is 2.28. The van der Waals surface area contributed by atoms with Crippen LogP contribution in [0.4, 0.5) is 5.69 Å². The number of benzene rings is 2. The number of thioether (sulfide) groups is 1. The molecule has 0 unspecified atom stereocenters. The molecule has 0 atom stereocenters. The van der Waals surface area contributed by atoms with Crippen LogP contribution in [0.15, 0.2) is 60.3 Å². The Balaban J connectivity index is 1.62. The number of anilines is 1. The van der Waals surface area contributed by atoms with Crippen LogP contribution in [0.1, 0.15) is 23.9 Å². The van der Waals surface area contributed by atoms with Crippen molar-refractivity contribution in [3.05, 3.63) is 72.1 Å². The summed E-state index contributed by atoms with van der Waals surface area (Å²) in [5.74, 6) is 2.06. The fourth-order valence-corrected chi connectivity index (χ4v) is 3.80. The van der Waals surface area contributed by atoms with Gasteiger partial charge in [0.05, 0.1) is 12.9 Å². The molecule has 0 aliphatic heterocycles. The lowest BCUT2D eigenvalue weighted by Crippen LogP contribution is -2.15. The maximum atomic E-state index is 12.4. The smallest absolute Gasteiger partial charge is 0.234 e. The van der Waals surface area contributed by atoms with E-state index in [4.69, 9.17) is 9.47 Å². The Morgan fingerprint density at radius 3 is 2.66 bits per heavy atom. The second-order valence-electron chi connectivity index (χ2n) is 7.13. The zero-order chi connectivity index (χ0) is 22.9. The molecule has 3 rings (SSSR count). The van der Waals surface area contributed by atoms with E-state index in [-0.39, 0.29) is 18.3 Å². The van der Waals surface area contributed by atoms with Crippen LogP contribution < -0.4 is 14.8 Å². The lowest BCUT2D eigenvalue weighted by atomic mass is 10.1. The molecular weight excluding hydrogens is 424 g/mol. The molecule has 7 nitrogen and oxygen atoms in total. The van der Waals surface area contributed by atoms with E-state index in [0.29, 0.717) is 29.0 Å². The average molecular weight is 453 g/mol. The van der Waals surface area contributed by atoms with Gasteiger partial charge in [-0.3, -0.25) is 9.36 Å². The number of amides is 1. The minimum Gasteiger partial charge on any atom is -0.493 e. The van der Waals surface area contributed by atoms with Gasteiger partial charge < -0.3 is 14.8 Å². The Hall–Kier alpha value is -3.26. The first-order valence-electron chi connectivity index (χ1n) is 10.4. The first-order valence-corrected chi connectivity index (χ1v) is 11.3. The van der Waals surface area contributed by atoms with Crippen molar-refractivity contribution in [2.45, 2.75) is 38.6 Å². The maximum Gasteiger partial charge on any atom is 0.234 e. The molecule has 1 amide bonds. The Morgan fingerprint density at radius 2 is 1.97 bits per heavy atom. The van der Waals surface area contributed by atoms with Crippen LogP contribution >= 0.6 is 11.8 Å². The summed E-state index contributed by atoms with van der Waals surface area (Å²) in [6, 6.07) is 13.6. The molecule has 1 N–H and O–H groups in total. The number of nitrogens with zero attached hydrogens (tertiary/aromatic N) is 3. The van der Waals surface area contributed by atoms with Crippen molar-refractivity contribution in [2.75, 3.05) is 18.2 Å². The van der Waals surface area contributed by atoms with Gasteiger partial charge in [0.1, 0.15) is 6.61 Å². The van der Waals surface area contributed by atoms with E-state index >= 15 is 0 Å². The summed E-state index contributed by atoms with van der Waals surface area (Å²) in [6.07, 6.45) is 2.73. The molecule has 1 heterocycles. The zero-order valence-electron chi connectivity index (χ0n) is 18.6. The highest BCUT2D eigenvalue weighted by molar-refractivity contribution is 7.99. The van der Waals surface area contributed by atoms with Gasteiger partial charge in [0.15, 0.2) is 22.5 Å². The van der Waals surface area contributed by atoms with Gasteiger partial charge in [-0.15, -0.1) is 16.8 Å². The SMILES string of the molecule is C=CCn1c(COc2ccc(C)cc2OC)nnc1SCC(=O)Nc1ccc(CC)cc1. The van der Waals surface area contributed by atoms with Crippen molar-refractivity contribution in [2.24, 2.45) is 0 Å². The van der Waals surface area contributed by atoms with Crippen molar-refractivity contribution in [3.8, 4) is 11.5 Å². The van der Waals surface area contributed by atoms with Crippen molar-refractivity contribution >= 4 is 23.4 Å². The third-order valence-corrected chi connectivity index (χ3v) is 5.73. The van der Waals surface area contributed by atoms with E-state index in [1.54, 1.807) is 13.2 Å². The van der Waals surface area contributed by atoms with Gasteiger partial charge in [0.25, 0.3) is 0 Å². The first kappa shape index (κ1) is 23.4. The summed E-state index contributed by atoms with van der Waals surface area (Å²) < 4.78 is 13.2. The molecule has 3 aromatic rings. The normalized spacial score (nSPS) is 10.6. The number of hydrogen-bond donors (Lipinski definition) is 1. The number of methoxy groups -OCH3 is 1. The molecule has 32 heavy (non-hydrogen) atoms. The molecule has 0 bridgehead atoms. The number of ether oxygens (including phenoxy) is 2. The molecule has 0 saturated carbocycles. The largest absolute Gasteiger partial charge is 0.493 e. The summed E-state index contributed by atoms with van der Waals surface area (Å²) in [7, 11) is 1.61. The van der Waals surface area contributed by atoms with Gasteiger partial charge in [-0.1, -0.05) is 43.0 Å². The third-order valence-electron chi connectivity index (χ3n) is 4.76. The maximum absolute atomic E-state index is 12.4. The highest BCUT2D eigenvalue weighted by atomic mass is 32.2. The molecule has 0 saturated heterocycles. The summed E-state index contributed by atoms with van der Waals surface area (Å²) in [6.45, 7) is 8.64. The quantitative estimate of drug-likeness (QED) is 0.337. The molecule has 0 aliphatic carbocycles. The van der Waals surface area contributed by atoms with Crippen molar-refractivity contribution in [3.63, 3.8) is 0 Å². The van der Waals surface area contributed by atoms with Crippen LogP contribution in [-0.2, 0) is 24.4 Å². The number of carbonyl (C=O) groups excluding carboxylic acids is 1. The Labute approximate surface area is 192 Å². The minimum atomic E-state index is -0.102. The van der Waals surface area contributed by atoms with Gasteiger partial charge >= 0.3 is 0 Å². The summed E-state index contributed by atoms with van der Waals surface area (Å²) >= 11 is 1.32. The molecule has 2 aromatic carbocycles. The van der Waals surface area contributed by atoms with Crippen LogP contribution in [-0.4, -0.2) is 33.5 Å². The lowest BCUT2D eigenvalue weighted by molar-refractivity contribution is -0.113. The monoisotopic (exact) mass is 452 g/mol. The molecule has 8 heteroatoms. The molecule has 0 radical (unpaired) electrons. The fraction of sp³-hybridized carbons (Fsp3) is 0.292. The average Bonchev–Trinajstić information content (AvgIpc) is 3.19. The number of nitrogens with one attached hydrogen (secondary N) is 1. The van der Waals surface area contributed by atoms with Crippen molar-refractivity contribution in [1.82, 2.24) is 14.8 Å². The number of carbonyl (C=O) groups is 1. The van der Waals surface area contributed by atoms with E-state index in [0.717, 1.165) is 17.7 Å². The Morgan fingerprint density at radius 1 is 1.19 bits per heavy atom. The fourth-order valence-electron chi connectivity index (χ4n) is 3.03. The number of aryl methyl sites for hydroxylation is 2. The van der Waals surface area contributed by atoms with Crippen LogP contribution in [0.25, 0.3) is 0 Å². The summed E-state index contributed by atoms with van der Waals surface area (Å²) in [4.78, 5) is 12.4. The van der Waals surface area contributed by atoms with Gasteiger partial charge in [-0.05, 0) is 48.7 Å². The van der Waals surface area contributed by atoms with Crippen LogP contribution in [0, 0.1) is 6.92 Å². The Kier molecular flexibility index (Phi) is 8.33. The van der Waals surface area contributed by atoms with Gasteiger partial charge in [0.2, 0.25) is 5.91 Å². The summed E-state index contributed by atoms with van der Waals surface area (Å²) in [5, 5.41) is 12.0. The van der Waals surface area contributed by atoms with Gasteiger partial charge in [0, 0.05) is 12.2 Å². The number of allylic oxidation sites excluding steroid dienone is 1.